The van der Waals surface area contributed by atoms with Gasteiger partial charge in [0.1, 0.15) is 11.6 Å². The van der Waals surface area contributed by atoms with Gasteiger partial charge in [-0.1, -0.05) is 12.1 Å². The van der Waals surface area contributed by atoms with E-state index >= 15 is 0 Å². The van der Waals surface area contributed by atoms with Crippen molar-refractivity contribution < 1.29 is 9.18 Å². The number of nitrogens with zero attached hydrogens (tertiary/aromatic N) is 4. The molecular formula is C24H27FN6O. The van der Waals surface area contributed by atoms with Gasteiger partial charge in [-0.05, 0) is 75.2 Å². The minimum atomic E-state index is -0.420. The van der Waals surface area contributed by atoms with Crippen molar-refractivity contribution in [1.82, 2.24) is 19.9 Å². The molecule has 1 aliphatic heterocycles. The monoisotopic (exact) mass is 434 g/mol. The second-order valence-corrected chi connectivity index (χ2v) is 8.23. The van der Waals surface area contributed by atoms with Gasteiger partial charge in [0, 0.05) is 24.0 Å². The maximum Gasteiger partial charge on any atom is 0.238 e. The predicted molar refractivity (Wildman–Crippen MR) is 122 cm³/mol. The summed E-state index contributed by atoms with van der Waals surface area (Å²) >= 11 is 0. The van der Waals surface area contributed by atoms with Crippen molar-refractivity contribution in [3.8, 4) is 0 Å². The molecule has 32 heavy (non-hydrogen) atoms. The van der Waals surface area contributed by atoms with Crippen LogP contribution >= 0.6 is 0 Å². The maximum atomic E-state index is 13.9. The summed E-state index contributed by atoms with van der Waals surface area (Å²) in [4.78, 5) is 27.8. The minimum Gasteiger partial charge on any atom is -0.322 e. The van der Waals surface area contributed by atoms with Crippen LogP contribution in [0.25, 0.3) is 0 Å². The number of anilines is 3. The molecule has 3 heterocycles. The Morgan fingerprint density at radius 3 is 2.62 bits per heavy atom. The van der Waals surface area contributed by atoms with Gasteiger partial charge < -0.3 is 10.6 Å². The van der Waals surface area contributed by atoms with Gasteiger partial charge in [-0.2, -0.15) is 0 Å². The summed E-state index contributed by atoms with van der Waals surface area (Å²) in [5.74, 6) is 0.918. The molecule has 8 heteroatoms. The molecule has 1 saturated heterocycles. The summed E-state index contributed by atoms with van der Waals surface area (Å²) in [5.41, 5.74) is 3.21. The predicted octanol–water partition coefficient (Wildman–Crippen LogP) is 4.19. The third-order valence-corrected chi connectivity index (χ3v) is 5.60. The average Bonchev–Trinajstić information content (AvgIpc) is 2.78. The molecule has 0 spiro atoms. The minimum absolute atomic E-state index is 0.202. The molecule has 1 fully saturated rings. The van der Waals surface area contributed by atoms with Crippen LogP contribution in [0.3, 0.4) is 0 Å². The summed E-state index contributed by atoms with van der Waals surface area (Å²) in [5, 5.41) is 5.83. The summed E-state index contributed by atoms with van der Waals surface area (Å²) in [6.07, 6.45) is 5.34. The molecule has 0 saturated carbocycles. The van der Waals surface area contributed by atoms with Crippen LogP contribution in [0.4, 0.5) is 21.8 Å². The standard InChI is InChI=1S/C24H27FN6O/c1-16-3-5-19(25)21(13-16)28-23(32)15-31-11-8-18(9-12-31)20-7-10-26-24(29-20)30-22-6-4-17(2)14-27-22/h3-7,10,13-14,18H,8-9,11-12,15H2,1-2H3,(H,28,32)(H,26,27,29,30). The van der Waals surface area contributed by atoms with E-state index in [9.17, 15) is 9.18 Å². The molecular weight excluding hydrogens is 407 g/mol. The van der Waals surface area contributed by atoms with Gasteiger partial charge >= 0.3 is 0 Å². The zero-order valence-corrected chi connectivity index (χ0v) is 18.3. The van der Waals surface area contributed by atoms with Crippen LogP contribution in [-0.2, 0) is 4.79 Å². The number of carbonyl (C=O) groups is 1. The Kier molecular flexibility index (Phi) is 6.70. The Labute approximate surface area is 187 Å². The SMILES string of the molecule is Cc1ccc(Nc2nccc(C3CCN(CC(=O)Nc4cc(C)ccc4F)CC3)n2)nc1. The lowest BCUT2D eigenvalue weighted by molar-refractivity contribution is -0.117. The summed E-state index contributed by atoms with van der Waals surface area (Å²) in [6, 6.07) is 10.5. The zero-order valence-electron chi connectivity index (χ0n) is 18.3. The number of nitrogens with one attached hydrogen (secondary N) is 2. The molecule has 166 valence electrons. The first kappa shape index (κ1) is 21.8. The molecule has 1 amide bonds. The molecule has 4 rings (SSSR count). The lowest BCUT2D eigenvalue weighted by Gasteiger charge is -2.31. The molecule has 0 unspecified atom stereocenters. The van der Waals surface area contributed by atoms with Gasteiger partial charge in [-0.25, -0.2) is 19.3 Å². The highest BCUT2D eigenvalue weighted by atomic mass is 19.1. The second-order valence-electron chi connectivity index (χ2n) is 8.23. The fourth-order valence-corrected chi connectivity index (χ4v) is 3.83. The van der Waals surface area contributed by atoms with E-state index in [0.29, 0.717) is 17.7 Å². The fourth-order valence-electron chi connectivity index (χ4n) is 3.83. The molecule has 7 nitrogen and oxygen atoms in total. The number of pyridine rings is 1. The van der Waals surface area contributed by atoms with Crippen LogP contribution in [0.15, 0.2) is 48.8 Å². The molecule has 2 N–H and O–H groups in total. The van der Waals surface area contributed by atoms with E-state index in [1.165, 1.54) is 6.07 Å². The fraction of sp³-hybridized carbons (Fsp3) is 0.333. The number of hydrogen-bond donors (Lipinski definition) is 2. The Bertz CT molecular complexity index is 1080. The van der Waals surface area contributed by atoms with Gasteiger partial charge in [-0.3, -0.25) is 9.69 Å². The van der Waals surface area contributed by atoms with Crippen molar-refractivity contribution in [1.29, 1.82) is 0 Å². The molecule has 0 aliphatic carbocycles. The maximum absolute atomic E-state index is 13.9. The van der Waals surface area contributed by atoms with Crippen LogP contribution < -0.4 is 10.6 Å². The molecule has 3 aromatic rings. The molecule has 0 radical (unpaired) electrons. The lowest BCUT2D eigenvalue weighted by Crippen LogP contribution is -2.39. The number of aryl methyl sites for hydroxylation is 2. The number of likely N-dealkylation sites (tertiary alicyclic amines) is 1. The van der Waals surface area contributed by atoms with E-state index in [1.54, 1.807) is 24.5 Å². The van der Waals surface area contributed by atoms with Crippen LogP contribution in [0.1, 0.15) is 35.6 Å². The second kappa shape index (κ2) is 9.82. The quantitative estimate of drug-likeness (QED) is 0.605. The summed E-state index contributed by atoms with van der Waals surface area (Å²) in [7, 11) is 0. The largest absolute Gasteiger partial charge is 0.322 e. The highest BCUT2D eigenvalue weighted by Gasteiger charge is 2.23. The van der Waals surface area contributed by atoms with E-state index in [2.05, 4.69) is 30.5 Å². The Hall–Kier alpha value is -3.39. The molecule has 1 aliphatic rings. The molecule has 2 aromatic heterocycles. The third-order valence-electron chi connectivity index (χ3n) is 5.60. The topological polar surface area (TPSA) is 83.0 Å². The van der Waals surface area contributed by atoms with Crippen LogP contribution in [0.5, 0.6) is 0 Å². The Morgan fingerprint density at radius 2 is 1.88 bits per heavy atom. The van der Waals surface area contributed by atoms with E-state index in [0.717, 1.165) is 42.8 Å². The summed E-state index contributed by atoms with van der Waals surface area (Å²) < 4.78 is 13.9. The molecule has 1 aromatic carbocycles. The number of carbonyl (C=O) groups excluding carboxylic acids is 1. The van der Waals surface area contributed by atoms with E-state index < -0.39 is 5.82 Å². The van der Waals surface area contributed by atoms with Crippen LogP contribution in [0, 0.1) is 19.7 Å². The smallest absolute Gasteiger partial charge is 0.238 e. The van der Waals surface area contributed by atoms with Crippen molar-refractivity contribution in [3.63, 3.8) is 0 Å². The van der Waals surface area contributed by atoms with E-state index in [1.807, 2.05) is 32.0 Å². The van der Waals surface area contributed by atoms with Crippen LogP contribution in [0.2, 0.25) is 0 Å². The van der Waals surface area contributed by atoms with E-state index in [4.69, 9.17) is 0 Å². The van der Waals surface area contributed by atoms with Crippen molar-refractivity contribution in [2.75, 3.05) is 30.3 Å². The Balaban J connectivity index is 1.30. The lowest BCUT2D eigenvalue weighted by atomic mass is 9.93. The number of aromatic nitrogens is 3. The highest BCUT2D eigenvalue weighted by Crippen LogP contribution is 2.27. The normalized spacial score (nSPS) is 14.8. The summed E-state index contributed by atoms with van der Waals surface area (Å²) in [6.45, 7) is 5.66. The highest BCUT2D eigenvalue weighted by molar-refractivity contribution is 5.92. The number of rotatable bonds is 6. The van der Waals surface area contributed by atoms with Crippen molar-refractivity contribution in [2.45, 2.75) is 32.6 Å². The van der Waals surface area contributed by atoms with Crippen molar-refractivity contribution >= 4 is 23.4 Å². The van der Waals surface area contributed by atoms with Gasteiger partial charge in [0.15, 0.2) is 0 Å². The van der Waals surface area contributed by atoms with Gasteiger partial charge in [0.05, 0.1) is 12.2 Å². The number of piperidine rings is 1. The number of hydrogen-bond acceptors (Lipinski definition) is 6. The first-order valence-electron chi connectivity index (χ1n) is 10.8. The average molecular weight is 435 g/mol. The third kappa shape index (κ3) is 5.64. The molecule has 0 bridgehead atoms. The number of halogens is 1. The number of amides is 1. The van der Waals surface area contributed by atoms with Crippen molar-refractivity contribution in [2.24, 2.45) is 0 Å². The molecule has 0 atom stereocenters. The number of benzene rings is 1. The van der Waals surface area contributed by atoms with Crippen molar-refractivity contribution in [3.05, 3.63) is 71.4 Å². The van der Waals surface area contributed by atoms with Gasteiger partial charge in [0.25, 0.3) is 0 Å². The Morgan fingerprint density at radius 1 is 1.09 bits per heavy atom. The first-order valence-corrected chi connectivity index (χ1v) is 10.8. The van der Waals surface area contributed by atoms with Gasteiger partial charge in [0.2, 0.25) is 11.9 Å². The van der Waals surface area contributed by atoms with Gasteiger partial charge in [-0.15, -0.1) is 0 Å². The first-order chi connectivity index (χ1) is 15.5. The zero-order chi connectivity index (χ0) is 22.5. The van der Waals surface area contributed by atoms with E-state index in [-0.39, 0.29) is 18.1 Å². The van der Waals surface area contributed by atoms with Crippen LogP contribution in [-0.4, -0.2) is 45.4 Å².